The zero-order valence-corrected chi connectivity index (χ0v) is 59.3. The largest absolute Gasteiger partial charge is 0.310 e. The topological polar surface area (TPSA) is 6.48 Å². The number of fused-ring (bicyclic) bond motifs is 3. The van der Waals surface area contributed by atoms with Crippen LogP contribution in [0.15, 0.2) is 237 Å². The maximum atomic E-state index is 2.61. The van der Waals surface area contributed by atoms with Crippen molar-refractivity contribution in [1.29, 1.82) is 0 Å². The van der Waals surface area contributed by atoms with Gasteiger partial charge in [0.2, 0.25) is 0 Å². The van der Waals surface area contributed by atoms with Crippen molar-refractivity contribution in [2.75, 3.05) is 9.80 Å². The Labute approximate surface area is 577 Å². The smallest absolute Gasteiger partial charge is 0.0496 e. The molecule has 0 saturated carbocycles. The summed E-state index contributed by atoms with van der Waals surface area (Å²) in [7, 11) is 0. The fourth-order valence-electron chi connectivity index (χ4n) is 14.9. The van der Waals surface area contributed by atoms with Crippen LogP contribution in [0.25, 0.3) is 66.8 Å². The molecule has 11 aromatic rings. The molecule has 1 aliphatic carbocycles. The van der Waals surface area contributed by atoms with E-state index in [1.807, 2.05) is 0 Å². The second kappa shape index (κ2) is 30.8. The zero-order chi connectivity index (χ0) is 66.7. The van der Waals surface area contributed by atoms with Gasteiger partial charge < -0.3 is 9.80 Å². The van der Waals surface area contributed by atoms with Gasteiger partial charge in [-0.2, -0.15) is 0 Å². The SMILES string of the molecule is CCCCCCc1ccc(-c2ccc(N(c3ccc(-c4ccc(C(C)CC)cc4)cc3)c3cc(CCCCCC)c(-c4cc(CCCCCC)c(N(c5ccc(-c6ccc(C)cc6)cc5)c5ccc(-c6ccc7c(c6)C(C)(C)c6ccccc6-7)cc5)cc4C)cc3C)cc2)cc1. The van der Waals surface area contributed by atoms with E-state index in [0.717, 1.165) is 61.3 Å². The third kappa shape index (κ3) is 14.9. The maximum absolute atomic E-state index is 2.61. The van der Waals surface area contributed by atoms with Gasteiger partial charge in [0.05, 0.1) is 0 Å². The monoisotopic (exact) mass is 1260 g/mol. The van der Waals surface area contributed by atoms with Gasteiger partial charge in [0, 0.05) is 39.5 Å². The molecule has 0 fully saturated rings. The molecular weight excluding hydrogens is 1160 g/mol. The molecule has 1 atom stereocenters. The van der Waals surface area contributed by atoms with Crippen LogP contribution in [0, 0.1) is 20.8 Å². The van der Waals surface area contributed by atoms with E-state index in [1.54, 1.807) is 0 Å². The first kappa shape index (κ1) is 67.0. The third-order valence-corrected chi connectivity index (χ3v) is 21.1. The second-order valence-electron chi connectivity index (χ2n) is 28.3. The van der Waals surface area contributed by atoms with Crippen LogP contribution in [-0.2, 0) is 24.7 Å². The molecule has 1 aliphatic rings. The fourth-order valence-corrected chi connectivity index (χ4v) is 14.9. The molecule has 96 heavy (non-hydrogen) atoms. The van der Waals surface area contributed by atoms with Crippen molar-refractivity contribution in [3.8, 4) is 66.8 Å². The van der Waals surface area contributed by atoms with Crippen molar-refractivity contribution in [3.05, 3.63) is 287 Å². The van der Waals surface area contributed by atoms with Crippen LogP contribution in [0.4, 0.5) is 34.1 Å². The van der Waals surface area contributed by atoms with E-state index < -0.39 is 0 Å². The molecule has 0 saturated heterocycles. The number of benzene rings is 11. The van der Waals surface area contributed by atoms with Gasteiger partial charge in [-0.05, 0) is 262 Å². The van der Waals surface area contributed by atoms with Crippen LogP contribution >= 0.6 is 0 Å². The van der Waals surface area contributed by atoms with Gasteiger partial charge in [-0.1, -0.05) is 270 Å². The average Bonchev–Trinajstić information content (AvgIpc) is 1.57. The predicted octanol–water partition coefficient (Wildman–Crippen LogP) is 28.1. The Morgan fingerprint density at radius 1 is 0.323 bits per heavy atom. The molecule has 12 rings (SSSR count). The number of hydrogen-bond donors (Lipinski definition) is 0. The first-order chi connectivity index (χ1) is 46.8. The van der Waals surface area contributed by atoms with Crippen LogP contribution in [-0.4, -0.2) is 0 Å². The lowest BCUT2D eigenvalue weighted by atomic mass is 9.81. The third-order valence-electron chi connectivity index (χ3n) is 21.1. The standard InChI is InChI=1S/C94H102N2/c1-11-15-18-21-26-70-33-37-73(38-34-70)76-43-52-82(53-44-76)95(83-54-45-77(46-55-83)74-41-39-71(40-42-74)67(6)14-4)92-65-80(27-22-19-16-12-2)89(61-69(92)8)88-63-81(28-23-20-17-13-3)93(62-68(88)7)96(84-56-47-75(48-57-84)72-35-31-66(5)32-36-72)85-58-49-78(50-59-85)79-51-60-87-86-29-24-25-30-90(86)94(9,10)91(87)64-79/h24-25,29-65,67H,11-23,26-28H2,1-10H3. The summed E-state index contributed by atoms with van der Waals surface area (Å²) in [5, 5.41) is 0. The quantitative estimate of drug-likeness (QED) is 0.0451. The summed E-state index contributed by atoms with van der Waals surface area (Å²) in [6.07, 6.45) is 18.9. The Morgan fingerprint density at radius 3 is 1.26 bits per heavy atom. The Kier molecular flexibility index (Phi) is 21.5. The van der Waals surface area contributed by atoms with Crippen LogP contribution in [0.1, 0.15) is 188 Å². The number of unbranched alkanes of at least 4 members (excludes halogenated alkanes) is 9. The number of anilines is 6. The van der Waals surface area contributed by atoms with Crippen LogP contribution < -0.4 is 9.80 Å². The lowest BCUT2D eigenvalue weighted by Crippen LogP contribution is -2.15. The average molecular weight is 1260 g/mol. The summed E-state index contributed by atoms with van der Waals surface area (Å²) >= 11 is 0. The molecule has 0 spiro atoms. The Morgan fingerprint density at radius 2 is 0.750 bits per heavy atom. The summed E-state index contributed by atoms with van der Waals surface area (Å²) in [6, 6.07) is 91.3. The molecule has 2 heteroatoms. The highest BCUT2D eigenvalue weighted by Gasteiger charge is 2.35. The van der Waals surface area contributed by atoms with Gasteiger partial charge in [0.15, 0.2) is 0 Å². The van der Waals surface area contributed by atoms with E-state index in [1.165, 1.54) is 192 Å². The number of aryl methyl sites for hydroxylation is 6. The highest BCUT2D eigenvalue weighted by atomic mass is 15.2. The molecule has 11 aromatic carbocycles. The molecule has 1 unspecified atom stereocenters. The van der Waals surface area contributed by atoms with E-state index in [0.29, 0.717) is 5.92 Å². The van der Waals surface area contributed by atoms with E-state index >= 15 is 0 Å². The molecule has 0 radical (unpaired) electrons. The summed E-state index contributed by atoms with van der Waals surface area (Å²) in [5.41, 5.74) is 34.6. The highest BCUT2D eigenvalue weighted by molar-refractivity contribution is 5.89. The summed E-state index contributed by atoms with van der Waals surface area (Å²) in [4.78, 5) is 5.08. The molecule has 0 amide bonds. The normalized spacial score (nSPS) is 12.6. The van der Waals surface area contributed by atoms with Gasteiger partial charge in [-0.25, -0.2) is 0 Å². The van der Waals surface area contributed by atoms with Crippen molar-refractivity contribution in [2.24, 2.45) is 0 Å². The first-order valence-electron chi connectivity index (χ1n) is 36.6. The molecular formula is C94H102N2. The van der Waals surface area contributed by atoms with Gasteiger partial charge in [0.25, 0.3) is 0 Å². The molecule has 488 valence electrons. The van der Waals surface area contributed by atoms with Crippen molar-refractivity contribution in [1.82, 2.24) is 0 Å². The Balaban J connectivity index is 0.959. The van der Waals surface area contributed by atoms with Gasteiger partial charge in [0.1, 0.15) is 0 Å². The second-order valence-corrected chi connectivity index (χ2v) is 28.3. The summed E-state index contributed by atoms with van der Waals surface area (Å²) < 4.78 is 0. The van der Waals surface area contributed by atoms with E-state index in [2.05, 4.69) is 316 Å². The van der Waals surface area contributed by atoms with Gasteiger partial charge >= 0.3 is 0 Å². The van der Waals surface area contributed by atoms with Gasteiger partial charge in [-0.3, -0.25) is 0 Å². The highest BCUT2D eigenvalue weighted by Crippen LogP contribution is 2.51. The molecule has 0 aromatic heterocycles. The number of rotatable bonds is 28. The minimum atomic E-state index is -0.0693. The number of nitrogens with zero attached hydrogens (tertiary/aromatic N) is 2. The van der Waals surface area contributed by atoms with Crippen molar-refractivity contribution in [3.63, 3.8) is 0 Å². The van der Waals surface area contributed by atoms with Crippen LogP contribution in [0.2, 0.25) is 0 Å². The minimum absolute atomic E-state index is 0.0693. The molecule has 0 aliphatic heterocycles. The van der Waals surface area contributed by atoms with E-state index in [4.69, 9.17) is 0 Å². The first-order valence-corrected chi connectivity index (χ1v) is 36.6. The molecule has 0 N–H and O–H groups in total. The summed E-state index contributed by atoms with van der Waals surface area (Å²) in [5.74, 6) is 0.543. The van der Waals surface area contributed by atoms with Gasteiger partial charge in [-0.15, -0.1) is 0 Å². The minimum Gasteiger partial charge on any atom is -0.310 e. The number of hydrogen-bond acceptors (Lipinski definition) is 2. The maximum Gasteiger partial charge on any atom is 0.0496 e. The van der Waals surface area contributed by atoms with Crippen molar-refractivity contribution < 1.29 is 0 Å². The molecule has 0 bridgehead atoms. The Hall–Kier alpha value is -8.98. The molecule has 2 nitrogen and oxygen atoms in total. The lowest BCUT2D eigenvalue weighted by molar-refractivity contribution is 0.660. The fraction of sp³-hybridized carbons (Fsp3) is 0.298. The van der Waals surface area contributed by atoms with Crippen molar-refractivity contribution in [2.45, 2.75) is 183 Å². The lowest BCUT2D eigenvalue weighted by Gasteiger charge is -2.31. The van der Waals surface area contributed by atoms with Crippen molar-refractivity contribution >= 4 is 34.1 Å². The van der Waals surface area contributed by atoms with Crippen LogP contribution in [0.5, 0.6) is 0 Å². The molecule has 0 heterocycles. The van der Waals surface area contributed by atoms with E-state index in [9.17, 15) is 0 Å². The summed E-state index contributed by atoms with van der Waals surface area (Å²) in [6.45, 7) is 23.2. The zero-order valence-electron chi connectivity index (χ0n) is 59.3. The van der Waals surface area contributed by atoms with E-state index in [-0.39, 0.29) is 5.41 Å². The van der Waals surface area contributed by atoms with Crippen LogP contribution in [0.3, 0.4) is 0 Å². The predicted molar refractivity (Wildman–Crippen MR) is 417 cm³/mol. The Bertz CT molecular complexity index is 4360.